The van der Waals surface area contributed by atoms with Gasteiger partial charge in [-0.25, -0.2) is 0 Å². The van der Waals surface area contributed by atoms with Gasteiger partial charge >= 0.3 is 66.7 Å². The molecule has 60 heavy (non-hydrogen) atoms. The zero-order chi connectivity index (χ0) is 42.4. The van der Waals surface area contributed by atoms with E-state index in [0.29, 0.717) is 48.3 Å². The molecule has 2 aromatic heterocycles. The summed E-state index contributed by atoms with van der Waals surface area (Å²) in [7, 11) is 19.2. The number of hydrogen-bond acceptors (Lipinski definition) is 10. The van der Waals surface area contributed by atoms with Crippen LogP contribution in [0, 0.1) is 0 Å². The van der Waals surface area contributed by atoms with Crippen LogP contribution in [0.1, 0.15) is 151 Å². The maximum absolute atomic E-state index is 5.06. The van der Waals surface area contributed by atoms with Crippen molar-refractivity contribution in [2.24, 2.45) is 0 Å². The van der Waals surface area contributed by atoms with E-state index in [1.165, 1.54) is 126 Å². The molecule has 2 aliphatic heterocycles. The van der Waals surface area contributed by atoms with Crippen molar-refractivity contribution in [1.29, 1.82) is 0 Å². The second kappa shape index (κ2) is 29.7. The first-order chi connectivity index (χ1) is 29.4. The normalized spacial score (nSPS) is 33.0. The second-order valence-electron chi connectivity index (χ2n) is 17.6. The first-order valence-electron chi connectivity index (χ1n) is 23.0. The van der Waals surface area contributed by atoms with Crippen molar-refractivity contribution in [2.45, 2.75) is 190 Å². The van der Waals surface area contributed by atoms with E-state index in [1.807, 2.05) is 0 Å². The summed E-state index contributed by atoms with van der Waals surface area (Å²) in [5.41, 5.74) is 4.68. The standard InChI is InChI=1S/C23H39N5.C21H35N5.4ClH.2Mn/c1-16-18-12-7-13-19(28-18)17(2)27-23-11-6-4-9-21(23)25-15-14-24-20-8-3-5-10-22(20)26-16;1-3-10-20-18(8-1)22-12-13-23-19-9-2-4-11-21(19)25-15-17-7-5-6-16(26-17)14-24-20;;;;;;/h7,12-13,16-17,20-27H,3-6,8-11,14-15H2,1-2H3;5-7,18-25H,1-4,8-15H2;4*1H;;/q;;;;;;2*+2/p-4/t16-,17+,20-,21-,22-,23-;18-,19-,20-,21-;;;;;;/m10....../s1. The van der Waals surface area contributed by atoms with Crippen molar-refractivity contribution in [3.63, 3.8) is 0 Å². The molecule has 4 heterocycles. The monoisotopic (exact) mass is 992 g/mol. The summed E-state index contributed by atoms with van der Waals surface area (Å²) in [4.78, 5) is 9.95. The van der Waals surface area contributed by atoms with Gasteiger partial charge in [0, 0.05) is 99.7 Å². The van der Waals surface area contributed by atoms with Crippen molar-refractivity contribution < 1.29 is 26.3 Å². The molecule has 0 unspecified atom stereocenters. The predicted molar refractivity (Wildman–Crippen MR) is 245 cm³/mol. The van der Waals surface area contributed by atoms with Gasteiger partial charge in [0.25, 0.3) is 0 Å². The fourth-order valence-corrected chi connectivity index (χ4v) is 10.4. The number of rotatable bonds is 0. The van der Waals surface area contributed by atoms with Crippen LogP contribution in [0.15, 0.2) is 36.4 Å². The minimum atomic E-state index is 0.00694. The van der Waals surface area contributed by atoms with Crippen molar-refractivity contribution >= 4 is 40.4 Å². The van der Waals surface area contributed by atoms with Crippen LogP contribution in [-0.4, -0.2) is 84.5 Å². The zero-order valence-electron chi connectivity index (χ0n) is 36.0. The molecule has 4 fully saturated rings. The van der Waals surface area contributed by atoms with Crippen LogP contribution >= 0.6 is 40.4 Å². The largest absolute Gasteiger partial charge is 0.311 e. The molecular formula is C44H74Cl4Mn2N10. The minimum absolute atomic E-state index is 0.00694. The first-order valence-corrected chi connectivity index (χ1v) is 29.5. The average molecular weight is 995 g/mol. The molecule has 0 aromatic carbocycles. The van der Waals surface area contributed by atoms with Crippen LogP contribution < -0.4 is 42.5 Å². The van der Waals surface area contributed by atoms with Gasteiger partial charge in [0.15, 0.2) is 0 Å². The molecule has 10 nitrogen and oxygen atoms in total. The van der Waals surface area contributed by atoms with Gasteiger partial charge in [-0.2, -0.15) is 0 Å². The third kappa shape index (κ3) is 17.5. The van der Waals surface area contributed by atoms with Gasteiger partial charge in [0.2, 0.25) is 0 Å². The third-order valence-corrected chi connectivity index (χ3v) is 13.5. The van der Waals surface area contributed by atoms with Crippen molar-refractivity contribution in [2.75, 3.05) is 26.2 Å². The van der Waals surface area contributed by atoms with Crippen LogP contribution in [-0.2, 0) is 39.4 Å². The molecule has 8 N–H and O–H groups in total. The summed E-state index contributed by atoms with van der Waals surface area (Å²) >= 11 is 0.0139. The molecule has 0 radical (unpaired) electrons. The van der Waals surface area contributed by atoms with E-state index >= 15 is 0 Å². The minimum Gasteiger partial charge on any atom is -0.311 e. The fourth-order valence-electron chi connectivity index (χ4n) is 10.4. The van der Waals surface area contributed by atoms with E-state index in [2.05, 4.69) is 92.8 Å². The Balaban J connectivity index is 0.000000202. The van der Waals surface area contributed by atoms with Crippen molar-refractivity contribution in [1.82, 2.24) is 52.5 Å². The maximum atomic E-state index is 5.06. The van der Waals surface area contributed by atoms with Crippen molar-refractivity contribution in [3.05, 3.63) is 59.2 Å². The summed E-state index contributed by atoms with van der Waals surface area (Å²) in [6, 6.07) is 18.1. The number of hydrogen-bond donors (Lipinski definition) is 8. The molecule has 16 heteroatoms. The Labute approximate surface area is 391 Å². The van der Waals surface area contributed by atoms with E-state index in [0.717, 1.165) is 39.3 Å². The van der Waals surface area contributed by atoms with E-state index in [-0.39, 0.29) is 38.4 Å². The number of nitrogens with zero attached hydrogens (tertiary/aromatic N) is 2. The van der Waals surface area contributed by atoms with Gasteiger partial charge in [0.05, 0.1) is 22.8 Å². The SMILES string of the molecule is C[C@@H]1N[C@@H]2CCCC[C@H]2NCCN[C@@H]2CCCC[C@H]2N[C@H](C)c2cccc1n2.[Cl][Mn][Cl].[Cl][Mn][Cl].c1cc2nc(c1)CN[C@H]1CCCC[C@@H]1NCCN[C@H]1CCCC[C@@H]1NC2. The van der Waals surface area contributed by atoms with Gasteiger partial charge in [-0.1, -0.05) is 63.5 Å². The first kappa shape index (κ1) is 51.2. The molecule has 0 spiro atoms. The van der Waals surface area contributed by atoms with Gasteiger partial charge in [-0.3, -0.25) is 9.97 Å². The Morgan fingerprint density at radius 3 is 1.05 bits per heavy atom. The molecule has 4 bridgehead atoms. The second-order valence-corrected chi connectivity index (χ2v) is 21.5. The molecular weight excluding hydrogens is 920 g/mol. The van der Waals surface area contributed by atoms with E-state index in [1.54, 1.807) is 0 Å². The Morgan fingerprint density at radius 2 is 0.700 bits per heavy atom. The van der Waals surface area contributed by atoms with Gasteiger partial charge in [-0.15, -0.1) is 0 Å². The van der Waals surface area contributed by atoms with Gasteiger partial charge in [0.1, 0.15) is 0 Å². The van der Waals surface area contributed by atoms with Gasteiger partial charge < -0.3 is 42.5 Å². The summed E-state index contributed by atoms with van der Waals surface area (Å²) in [5, 5.41) is 30.7. The van der Waals surface area contributed by atoms with Crippen LogP contribution in [0.3, 0.4) is 0 Å². The number of aromatic nitrogens is 2. The van der Waals surface area contributed by atoms with E-state index < -0.39 is 0 Å². The van der Waals surface area contributed by atoms with Crippen LogP contribution in [0.25, 0.3) is 0 Å². The molecule has 6 aliphatic rings. The number of pyridine rings is 2. The summed E-state index contributed by atoms with van der Waals surface area (Å²) < 4.78 is 0. The Morgan fingerprint density at radius 1 is 0.417 bits per heavy atom. The maximum Gasteiger partial charge on any atom is 0.0545 e. The Bertz CT molecular complexity index is 1360. The molecule has 8 rings (SSSR count). The van der Waals surface area contributed by atoms with Crippen LogP contribution in [0.2, 0.25) is 0 Å². The summed E-state index contributed by atoms with van der Waals surface area (Å²) in [5.74, 6) is 0. The van der Waals surface area contributed by atoms with Gasteiger partial charge in [-0.05, 0) is 89.5 Å². The predicted octanol–water partition coefficient (Wildman–Crippen LogP) is 8.03. The fraction of sp³-hybridized carbons (Fsp3) is 0.773. The summed E-state index contributed by atoms with van der Waals surface area (Å²) in [6.45, 7) is 10.5. The topological polar surface area (TPSA) is 122 Å². The molecule has 10 atom stereocenters. The molecule has 2 aromatic rings. The van der Waals surface area contributed by atoms with E-state index in [9.17, 15) is 0 Å². The quantitative estimate of drug-likeness (QED) is 0.123. The number of nitrogens with one attached hydrogen (secondary N) is 8. The molecule has 0 amide bonds. The Kier molecular flexibility index (Phi) is 25.3. The van der Waals surface area contributed by atoms with Crippen molar-refractivity contribution in [3.8, 4) is 0 Å². The molecule has 4 saturated carbocycles. The summed E-state index contributed by atoms with van der Waals surface area (Å²) in [6.07, 6.45) is 21.0. The zero-order valence-corrected chi connectivity index (χ0v) is 41.3. The number of fused-ring (bicyclic) bond motifs is 8. The van der Waals surface area contributed by atoms with E-state index in [4.69, 9.17) is 50.4 Å². The molecule has 342 valence electrons. The number of halogens is 4. The smallest absolute Gasteiger partial charge is 0.0545 e. The average Bonchev–Trinajstić information content (AvgIpc) is 3.28. The Hall–Kier alpha value is 0.179. The third-order valence-electron chi connectivity index (χ3n) is 13.5. The molecule has 4 aliphatic carbocycles. The molecule has 0 saturated heterocycles. The van der Waals surface area contributed by atoms with Crippen LogP contribution in [0.5, 0.6) is 0 Å². The van der Waals surface area contributed by atoms with Crippen LogP contribution in [0.4, 0.5) is 0 Å².